The summed E-state index contributed by atoms with van der Waals surface area (Å²) in [6, 6.07) is 7.54. The quantitative estimate of drug-likeness (QED) is 0.368. The van der Waals surface area contributed by atoms with E-state index in [1.54, 1.807) is 7.11 Å². The summed E-state index contributed by atoms with van der Waals surface area (Å²) in [7, 11) is 1.60. The molecule has 1 aliphatic heterocycles. The molecule has 1 unspecified atom stereocenters. The zero-order chi connectivity index (χ0) is 20.5. The van der Waals surface area contributed by atoms with E-state index in [2.05, 4.69) is 20.3 Å². The average molecular weight is 402 g/mol. The van der Waals surface area contributed by atoms with E-state index in [0.717, 1.165) is 11.3 Å². The number of para-hydroxylation sites is 1. The highest BCUT2D eigenvalue weighted by Gasteiger charge is 2.44. The van der Waals surface area contributed by atoms with Gasteiger partial charge in [0.05, 0.1) is 20.0 Å². The van der Waals surface area contributed by atoms with Crippen molar-refractivity contribution in [2.24, 2.45) is 0 Å². The number of aliphatic hydroxyl groups is 3. The Morgan fingerprint density at radius 3 is 2.76 bits per heavy atom. The molecule has 4 atom stereocenters. The Hall–Kier alpha value is -2.99. The van der Waals surface area contributed by atoms with Crippen molar-refractivity contribution in [3.8, 4) is 5.75 Å². The maximum atomic E-state index is 10.3. The van der Waals surface area contributed by atoms with Crippen molar-refractivity contribution in [1.29, 1.82) is 0 Å². The number of nitrogen functional groups attached to an aromatic ring is 1. The van der Waals surface area contributed by atoms with E-state index in [9.17, 15) is 15.3 Å². The van der Waals surface area contributed by atoms with E-state index < -0.39 is 31.1 Å². The Labute approximate surface area is 165 Å². The molecule has 0 bridgehead atoms. The van der Waals surface area contributed by atoms with Gasteiger partial charge in [0.15, 0.2) is 17.7 Å². The third-order valence-electron chi connectivity index (χ3n) is 4.87. The molecule has 154 valence electrons. The van der Waals surface area contributed by atoms with Crippen LogP contribution >= 0.6 is 0 Å². The van der Waals surface area contributed by atoms with Crippen LogP contribution in [0.15, 0.2) is 30.6 Å². The van der Waals surface area contributed by atoms with Crippen molar-refractivity contribution >= 4 is 22.9 Å². The predicted molar refractivity (Wildman–Crippen MR) is 103 cm³/mol. The fourth-order valence-corrected chi connectivity index (χ4v) is 3.34. The van der Waals surface area contributed by atoms with Crippen LogP contribution in [0.1, 0.15) is 11.8 Å². The summed E-state index contributed by atoms with van der Waals surface area (Å²) in [4.78, 5) is 12.9. The summed E-state index contributed by atoms with van der Waals surface area (Å²) >= 11 is 0. The van der Waals surface area contributed by atoms with Crippen LogP contribution < -0.4 is 15.8 Å². The van der Waals surface area contributed by atoms with Crippen LogP contribution in [-0.4, -0.2) is 66.9 Å². The van der Waals surface area contributed by atoms with Gasteiger partial charge < -0.3 is 35.8 Å². The molecule has 4 rings (SSSR count). The molecule has 0 amide bonds. The van der Waals surface area contributed by atoms with Gasteiger partial charge in [0, 0.05) is 12.1 Å². The third-order valence-corrected chi connectivity index (χ3v) is 4.87. The molecular formula is C18H22N6O5. The molecule has 11 nitrogen and oxygen atoms in total. The first-order chi connectivity index (χ1) is 14.0. The summed E-state index contributed by atoms with van der Waals surface area (Å²) in [6.45, 7) is -0.0266. The lowest BCUT2D eigenvalue weighted by atomic mass is 10.1. The van der Waals surface area contributed by atoms with Gasteiger partial charge in [-0.05, 0) is 6.07 Å². The van der Waals surface area contributed by atoms with Crippen LogP contribution in [0.25, 0.3) is 11.2 Å². The number of hydrogen-bond donors (Lipinski definition) is 5. The van der Waals surface area contributed by atoms with Crippen molar-refractivity contribution in [3.63, 3.8) is 0 Å². The fourth-order valence-electron chi connectivity index (χ4n) is 3.34. The van der Waals surface area contributed by atoms with Crippen molar-refractivity contribution in [2.45, 2.75) is 31.1 Å². The number of nitrogens with one attached hydrogen (secondary N) is 1. The first-order valence-electron chi connectivity index (χ1n) is 9.01. The molecule has 2 aromatic heterocycles. The van der Waals surface area contributed by atoms with E-state index in [-0.39, 0.29) is 11.8 Å². The van der Waals surface area contributed by atoms with E-state index in [1.165, 1.54) is 10.9 Å². The largest absolute Gasteiger partial charge is 0.496 e. The minimum absolute atomic E-state index is 0.156. The number of ether oxygens (including phenoxy) is 2. The molecule has 1 fully saturated rings. The molecule has 0 saturated carbocycles. The zero-order valence-corrected chi connectivity index (χ0v) is 15.6. The van der Waals surface area contributed by atoms with Crippen molar-refractivity contribution in [2.75, 3.05) is 24.8 Å². The van der Waals surface area contributed by atoms with Crippen LogP contribution in [-0.2, 0) is 11.3 Å². The number of hydrogen-bond acceptors (Lipinski definition) is 10. The second kappa shape index (κ2) is 7.79. The molecule has 3 heterocycles. The maximum absolute atomic E-state index is 10.3. The van der Waals surface area contributed by atoms with Crippen molar-refractivity contribution in [3.05, 3.63) is 36.2 Å². The molecule has 0 spiro atoms. The molecule has 29 heavy (non-hydrogen) atoms. The standard InChI is InChI=1S/C18H22N6O5/c1-28-10-5-3-2-4-9(10)6-20-18-22-15(19)12-16(23-18)24(8-21-12)17-14(27)13(26)11(7-25)29-17/h2-5,8,11,13-14,17,25-27H,6-7H2,1H3,(H3,19,20,22,23)/t11-,13-,14-,17?/m1/s1. The Balaban J connectivity index is 1.63. The Kier molecular flexibility index (Phi) is 5.20. The second-order valence-electron chi connectivity index (χ2n) is 6.65. The summed E-state index contributed by atoms with van der Waals surface area (Å²) in [5.74, 6) is 1.14. The lowest BCUT2D eigenvalue weighted by Gasteiger charge is -2.17. The summed E-state index contributed by atoms with van der Waals surface area (Å²) < 4.78 is 12.4. The monoisotopic (exact) mass is 402 g/mol. The first kappa shape index (κ1) is 19.3. The molecule has 0 aliphatic carbocycles. The van der Waals surface area contributed by atoms with Gasteiger partial charge in [-0.1, -0.05) is 18.2 Å². The molecule has 6 N–H and O–H groups in total. The first-order valence-corrected chi connectivity index (χ1v) is 9.01. The average Bonchev–Trinajstić information content (AvgIpc) is 3.28. The normalized spacial score (nSPS) is 24.1. The highest BCUT2D eigenvalue weighted by molar-refractivity contribution is 5.83. The number of benzene rings is 1. The molecule has 11 heteroatoms. The van der Waals surface area contributed by atoms with E-state index >= 15 is 0 Å². The number of imidazole rings is 1. The van der Waals surface area contributed by atoms with E-state index in [0.29, 0.717) is 17.7 Å². The van der Waals surface area contributed by atoms with Gasteiger partial charge >= 0.3 is 0 Å². The summed E-state index contributed by atoms with van der Waals surface area (Å²) in [5.41, 5.74) is 7.60. The fraction of sp³-hybridized carbons (Fsp3) is 0.389. The Morgan fingerprint density at radius 1 is 1.24 bits per heavy atom. The number of aliphatic hydroxyl groups excluding tert-OH is 3. The molecule has 1 aromatic carbocycles. The smallest absolute Gasteiger partial charge is 0.227 e. The van der Waals surface area contributed by atoms with Crippen molar-refractivity contribution < 1.29 is 24.8 Å². The number of nitrogens with two attached hydrogens (primary N) is 1. The van der Waals surface area contributed by atoms with Crippen LogP contribution in [0.2, 0.25) is 0 Å². The number of anilines is 2. The van der Waals surface area contributed by atoms with Gasteiger partial charge in [-0.3, -0.25) is 4.57 Å². The summed E-state index contributed by atoms with van der Waals surface area (Å²) in [5, 5.41) is 32.7. The molecule has 1 saturated heterocycles. The Morgan fingerprint density at radius 2 is 2.03 bits per heavy atom. The van der Waals surface area contributed by atoms with Gasteiger partial charge in [-0.15, -0.1) is 0 Å². The van der Waals surface area contributed by atoms with Crippen LogP contribution in [0.3, 0.4) is 0 Å². The molecular weight excluding hydrogens is 380 g/mol. The number of rotatable bonds is 6. The lowest BCUT2D eigenvalue weighted by Crippen LogP contribution is -2.33. The predicted octanol–water partition coefficient (Wildman–Crippen LogP) is -0.359. The Bertz CT molecular complexity index is 1010. The highest BCUT2D eigenvalue weighted by atomic mass is 16.6. The van der Waals surface area contributed by atoms with Gasteiger partial charge in [-0.25, -0.2) is 4.98 Å². The van der Waals surface area contributed by atoms with Gasteiger partial charge in [-0.2, -0.15) is 9.97 Å². The number of aromatic nitrogens is 4. The lowest BCUT2D eigenvalue weighted by molar-refractivity contribution is -0.0511. The third kappa shape index (κ3) is 3.44. The highest BCUT2D eigenvalue weighted by Crippen LogP contribution is 2.32. The van der Waals surface area contributed by atoms with Crippen molar-refractivity contribution in [1.82, 2.24) is 19.5 Å². The maximum Gasteiger partial charge on any atom is 0.227 e. The number of fused-ring (bicyclic) bond motifs is 1. The van der Waals surface area contributed by atoms with Crippen LogP contribution in [0.5, 0.6) is 5.75 Å². The summed E-state index contributed by atoms with van der Waals surface area (Å²) in [6.07, 6.45) is -2.96. The van der Waals surface area contributed by atoms with E-state index in [1.807, 2.05) is 24.3 Å². The zero-order valence-electron chi connectivity index (χ0n) is 15.6. The second-order valence-corrected chi connectivity index (χ2v) is 6.65. The van der Waals surface area contributed by atoms with Crippen LogP contribution in [0.4, 0.5) is 11.8 Å². The molecule has 1 aliphatic rings. The number of methoxy groups -OCH3 is 1. The SMILES string of the molecule is COc1ccccc1CNc1nc(N)c2ncn(C3O[C@H](CO)[C@@H](O)[C@H]3O)c2n1. The van der Waals surface area contributed by atoms with Gasteiger partial charge in [0.2, 0.25) is 5.95 Å². The molecule has 3 aromatic rings. The number of nitrogens with zero attached hydrogens (tertiary/aromatic N) is 4. The molecule has 0 radical (unpaired) electrons. The van der Waals surface area contributed by atoms with Gasteiger partial charge in [0.1, 0.15) is 29.6 Å². The van der Waals surface area contributed by atoms with E-state index in [4.69, 9.17) is 15.2 Å². The minimum atomic E-state index is -1.26. The topological polar surface area (TPSA) is 161 Å². The van der Waals surface area contributed by atoms with Gasteiger partial charge in [0.25, 0.3) is 0 Å². The van der Waals surface area contributed by atoms with Crippen LogP contribution in [0, 0.1) is 0 Å². The minimum Gasteiger partial charge on any atom is -0.496 e.